The topological polar surface area (TPSA) is 149 Å². The first-order valence-corrected chi connectivity index (χ1v) is 9.62. The second-order valence-electron chi connectivity index (χ2n) is 7.49. The molecule has 0 atom stereocenters. The fraction of sp³-hybridized carbons (Fsp3) is 0.278. The fourth-order valence-corrected chi connectivity index (χ4v) is 4.07. The molecule has 2 aromatic heterocycles. The number of halogens is 2. The minimum Gasteiger partial charge on any atom is -0.434 e. The number of nitrogens with zero attached hydrogens (tertiary/aromatic N) is 3. The molecule has 3 aromatic rings. The van der Waals surface area contributed by atoms with E-state index < -0.39 is 17.1 Å². The smallest absolute Gasteiger partial charge is 0.349 e. The molecule has 1 aliphatic carbocycles. The van der Waals surface area contributed by atoms with Crippen LogP contribution < -0.4 is 27.3 Å². The maximum atomic E-state index is 12.2. The van der Waals surface area contributed by atoms with Crippen molar-refractivity contribution in [2.75, 3.05) is 5.73 Å². The van der Waals surface area contributed by atoms with Crippen molar-refractivity contribution in [2.45, 2.75) is 32.1 Å². The summed E-state index contributed by atoms with van der Waals surface area (Å²) in [6.07, 6.45) is 1.40. The van der Waals surface area contributed by atoms with Crippen LogP contribution in [0.4, 0.5) is 5.82 Å². The van der Waals surface area contributed by atoms with Gasteiger partial charge in [-0.1, -0.05) is 37.0 Å². The van der Waals surface area contributed by atoms with E-state index in [1.807, 2.05) is 18.8 Å². The number of nitrogen functional groups attached to an aromatic ring is 1. The van der Waals surface area contributed by atoms with Gasteiger partial charge in [-0.05, 0) is 30.4 Å². The third-order valence-electron chi connectivity index (χ3n) is 5.00. The summed E-state index contributed by atoms with van der Waals surface area (Å²) in [5.74, 6) is -0.0907. The number of H-pyrrole nitrogens is 2. The third-order valence-corrected chi connectivity index (χ3v) is 5.56. The number of ether oxygens (including phenoxy) is 1. The predicted molar refractivity (Wildman–Crippen MR) is 111 cm³/mol. The zero-order chi connectivity index (χ0) is 21.8. The number of nitrogens with one attached hydrogen (secondary N) is 2. The second-order valence-corrected chi connectivity index (χ2v) is 8.31. The number of aromatic amines is 2. The number of hydrogen-bond acceptors (Lipinski definition) is 7. The second kappa shape index (κ2) is 6.99. The molecule has 0 saturated carbocycles. The Hall–Kier alpha value is -3.11. The van der Waals surface area contributed by atoms with E-state index in [4.69, 9.17) is 33.7 Å². The number of rotatable bonds is 3. The quantitative estimate of drug-likeness (QED) is 0.551. The third kappa shape index (κ3) is 3.27. The highest BCUT2D eigenvalue weighted by Gasteiger charge is 2.36. The van der Waals surface area contributed by atoms with Gasteiger partial charge in [0, 0.05) is 11.1 Å². The van der Waals surface area contributed by atoms with Crippen LogP contribution in [-0.4, -0.2) is 25.0 Å². The molecule has 1 aliphatic rings. The molecule has 12 heteroatoms. The molecule has 30 heavy (non-hydrogen) atoms. The van der Waals surface area contributed by atoms with Crippen LogP contribution in [0.2, 0.25) is 10.0 Å². The number of hydrogen-bond donors (Lipinski definition) is 3. The Bertz CT molecular complexity index is 1330. The van der Waals surface area contributed by atoms with Crippen LogP contribution in [0.3, 0.4) is 0 Å². The highest BCUT2D eigenvalue weighted by atomic mass is 35.5. The van der Waals surface area contributed by atoms with Crippen molar-refractivity contribution in [1.29, 1.82) is 0 Å². The van der Waals surface area contributed by atoms with Gasteiger partial charge >= 0.3 is 5.69 Å². The van der Waals surface area contributed by atoms with Crippen molar-refractivity contribution in [3.8, 4) is 17.3 Å². The minimum atomic E-state index is -0.808. The van der Waals surface area contributed by atoms with Gasteiger partial charge < -0.3 is 10.5 Å². The molecule has 1 aromatic carbocycles. The van der Waals surface area contributed by atoms with E-state index in [9.17, 15) is 14.4 Å². The Kier molecular flexibility index (Phi) is 4.70. The van der Waals surface area contributed by atoms with E-state index in [2.05, 4.69) is 15.3 Å². The lowest BCUT2D eigenvalue weighted by Crippen LogP contribution is -2.33. The van der Waals surface area contributed by atoms with Gasteiger partial charge in [-0.25, -0.2) is 9.89 Å². The Labute approximate surface area is 178 Å². The summed E-state index contributed by atoms with van der Waals surface area (Å²) in [6, 6.07) is 2.76. The Morgan fingerprint density at radius 2 is 1.83 bits per heavy atom. The number of aromatic nitrogens is 5. The van der Waals surface area contributed by atoms with Crippen molar-refractivity contribution < 1.29 is 4.74 Å². The molecule has 0 spiro atoms. The highest BCUT2D eigenvalue weighted by molar-refractivity contribution is 6.37. The maximum absolute atomic E-state index is 12.2. The van der Waals surface area contributed by atoms with E-state index >= 15 is 0 Å². The van der Waals surface area contributed by atoms with Crippen LogP contribution in [0.5, 0.6) is 11.6 Å². The van der Waals surface area contributed by atoms with E-state index in [1.54, 1.807) is 0 Å². The summed E-state index contributed by atoms with van der Waals surface area (Å²) < 4.78 is 6.72. The van der Waals surface area contributed by atoms with Crippen LogP contribution in [0.1, 0.15) is 31.4 Å². The number of anilines is 1. The Morgan fingerprint density at radius 1 is 1.17 bits per heavy atom. The number of benzene rings is 1. The summed E-state index contributed by atoms with van der Waals surface area (Å²) in [6.45, 7) is 3.96. The van der Waals surface area contributed by atoms with Gasteiger partial charge in [-0.2, -0.15) is 4.68 Å². The van der Waals surface area contributed by atoms with E-state index in [0.29, 0.717) is 17.5 Å². The molecule has 4 rings (SSSR count). The predicted octanol–water partition coefficient (Wildman–Crippen LogP) is 1.91. The first-order valence-electron chi connectivity index (χ1n) is 8.87. The normalized spacial score (nSPS) is 14.5. The monoisotopic (exact) mass is 450 g/mol. The van der Waals surface area contributed by atoms with Crippen LogP contribution in [0.15, 0.2) is 26.5 Å². The SMILES string of the molecule is CC1(C)CCc2c(Oc3c(Cl)cc(-n4nc(N)c(=O)[nH]c4=O)cc3Cl)n[nH]c(=O)c21. The van der Waals surface area contributed by atoms with Crippen LogP contribution in [-0.2, 0) is 11.8 Å². The van der Waals surface area contributed by atoms with Gasteiger partial charge in [-0.15, -0.1) is 10.2 Å². The summed E-state index contributed by atoms with van der Waals surface area (Å²) in [5, 5.41) is 10.3. The van der Waals surface area contributed by atoms with Crippen LogP contribution >= 0.6 is 23.2 Å². The van der Waals surface area contributed by atoms with Gasteiger partial charge in [0.15, 0.2) is 5.75 Å². The molecule has 0 amide bonds. The summed E-state index contributed by atoms with van der Waals surface area (Å²) in [5.41, 5.74) is 4.80. The fourth-order valence-electron chi connectivity index (χ4n) is 3.51. The summed E-state index contributed by atoms with van der Waals surface area (Å²) >= 11 is 12.7. The average Bonchev–Trinajstić information content (AvgIpc) is 2.99. The molecule has 156 valence electrons. The first-order chi connectivity index (χ1) is 14.1. The lowest BCUT2D eigenvalue weighted by Gasteiger charge is -2.18. The van der Waals surface area contributed by atoms with Gasteiger partial charge in [0.1, 0.15) is 0 Å². The highest BCUT2D eigenvalue weighted by Crippen LogP contribution is 2.43. The van der Waals surface area contributed by atoms with Crippen molar-refractivity contribution in [2.24, 2.45) is 0 Å². The lowest BCUT2D eigenvalue weighted by molar-refractivity contribution is 0.448. The van der Waals surface area contributed by atoms with E-state index in [0.717, 1.165) is 11.1 Å². The molecular weight excluding hydrogens is 435 g/mol. The molecule has 2 heterocycles. The van der Waals surface area contributed by atoms with Gasteiger partial charge in [0.25, 0.3) is 11.1 Å². The molecule has 10 nitrogen and oxygen atoms in total. The molecule has 0 fully saturated rings. The minimum absolute atomic E-state index is 0.0648. The number of nitrogens with two attached hydrogens (primary N) is 1. The molecule has 4 N–H and O–H groups in total. The van der Waals surface area contributed by atoms with Gasteiger partial charge in [-0.3, -0.25) is 14.6 Å². The molecule has 0 saturated heterocycles. The molecule has 0 aliphatic heterocycles. The zero-order valence-electron chi connectivity index (χ0n) is 15.9. The molecular formula is C18H16Cl2N6O4. The summed E-state index contributed by atoms with van der Waals surface area (Å²) in [7, 11) is 0. The largest absolute Gasteiger partial charge is 0.434 e. The van der Waals surface area contributed by atoms with Crippen molar-refractivity contribution >= 4 is 29.0 Å². The molecule has 0 bridgehead atoms. The number of fused-ring (bicyclic) bond motifs is 1. The van der Waals surface area contributed by atoms with E-state index in [-0.39, 0.29) is 38.3 Å². The van der Waals surface area contributed by atoms with Crippen molar-refractivity contribution in [3.05, 3.63) is 64.5 Å². The Morgan fingerprint density at radius 3 is 2.50 bits per heavy atom. The Balaban J connectivity index is 1.78. The van der Waals surface area contributed by atoms with Gasteiger partial charge in [0.2, 0.25) is 11.7 Å². The average molecular weight is 451 g/mol. The standard InChI is InChI=1S/C18H16Cl2N6O4/c1-18(2)4-3-8-11(18)14(27)23-24-16(8)30-12-9(19)5-7(6-10(12)20)26-17(29)22-15(28)13(21)25-26/h5-6H,3-4H2,1-2H3,(H2,21,25)(H,23,27)(H,22,28,29). The van der Waals surface area contributed by atoms with Gasteiger partial charge in [0.05, 0.1) is 15.7 Å². The lowest BCUT2D eigenvalue weighted by atomic mass is 9.88. The van der Waals surface area contributed by atoms with Crippen molar-refractivity contribution in [1.82, 2.24) is 25.0 Å². The van der Waals surface area contributed by atoms with E-state index in [1.165, 1.54) is 12.1 Å². The summed E-state index contributed by atoms with van der Waals surface area (Å²) in [4.78, 5) is 37.7. The van der Waals surface area contributed by atoms with Crippen LogP contribution in [0.25, 0.3) is 5.69 Å². The maximum Gasteiger partial charge on any atom is 0.349 e. The molecule has 0 radical (unpaired) electrons. The zero-order valence-corrected chi connectivity index (χ0v) is 17.4. The first kappa shape index (κ1) is 20.2. The molecule has 0 unspecified atom stereocenters. The van der Waals surface area contributed by atoms with Crippen molar-refractivity contribution in [3.63, 3.8) is 0 Å². The van der Waals surface area contributed by atoms with Crippen LogP contribution in [0, 0.1) is 0 Å².